The number of hydrogen-bond donors (Lipinski definition) is 4. The van der Waals surface area contributed by atoms with Crippen LogP contribution < -0.4 is 16.0 Å². The van der Waals surface area contributed by atoms with Crippen LogP contribution in [0.3, 0.4) is 0 Å². The fourth-order valence-electron chi connectivity index (χ4n) is 5.66. The standard InChI is InChI=1S/C32H37N7O4S/c1-18-5-3-6-25(37-18)31(42)35-14-19(2)36-23-11-21(12-23)30(41)39-32-38-24-10-9-20(13-28(24)44-32)22-15-33-29(34-16-22)17-43-27-8-4-7-26(27)40/h3,5-6,9-10,13,15-16,19,21,23,26-27,36,40H,4,7-8,11-12,14,17H2,1-2H3,(H,35,42)(H,38,39,41)/t19-,21?,23?,26-,27-/m0/s1. The van der Waals surface area contributed by atoms with Gasteiger partial charge >= 0.3 is 0 Å². The van der Waals surface area contributed by atoms with Gasteiger partial charge in [0.25, 0.3) is 5.91 Å². The van der Waals surface area contributed by atoms with Crippen molar-refractivity contribution in [3.63, 3.8) is 0 Å². The van der Waals surface area contributed by atoms with Crippen LogP contribution in [0.5, 0.6) is 0 Å². The van der Waals surface area contributed by atoms with Crippen molar-refractivity contribution in [2.45, 2.75) is 76.9 Å². The van der Waals surface area contributed by atoms with Crippen molar-refractivity contribution in [2.75, 3.05) is 11.9 Å². The summed E-state index contributed by atoms with van der Waals surface area (Å²) in [7, 11) is 0. The molecule has 4 N–H and O–H groups in total. The molecule has 2 aliphatic rings. The number of thiazole rings is 1. The molecule has 3 aromatic heterocycles. The van der Waals surface area contributed by atoms with E-state index in [9.17, 15) is 14.7 Å². The molecule has 3 atom stereocenters. The number of nitrogens with one attached hydrogen (secondary N) is 3. The van der Waals surface area contributed by atoms with E-state index >= 15 is 0 Å². The fraction of sp³-hybridized carbons (Fsp3) is 0.438. The van der Waals surface area contributed by atoms with Crippen LogP contribution in [0.15, 0.2) is 48.8 Å². The van der Waals surface area contributed by atoms with Gasteiger partial charge in [-0.3, -0.25) is 9.59 Å². The van der Waals surface area contributed by atoms with Crippen molar-refractivity contribution >= 4 is 38.5 Å². The summed E-state index contributed by atoms with van der Waals surface area (Å²) >= 11 is 1.44. The number of aliphatic hydroxyl groups is 1. The predicted molar refractivity (Wildman–Crippen MR) is 168 cm³/mol. The van der Waals surface area contributed by atoms with Crippen molar-refractivity contribution in [1.82, 2.24) is 30.6 Å². The van der Waals surface area contributed by atoms with E-state index in [1.54, 1.807) is 18.5 Å². The van der Waals surface area contributed by atoms with Crippen molar-refractivity contribution in [1.29, 1.82) is 0 Å². The minimum absolute atomic E-state index is 0.0230. The highest BCUT2D eigenvalue weighted by Gasteiger charge is 2.35. The Bertz CT molecular complexity index is 1620. The minimum Gasteiger partial charge on any atom is -0.390 e. The smallest absolute Gasteiger partial charge is 0.269 e. The maximum atomic E-state index is 12.9. The maximum Gasteiger partial charge on any atom is 0.269 e. The number of aryl methyl sites for hydroxylation is 1. The largest absolute Gasteiger partial charge is 0.390 e. The lowest BCUT2D eigenvalue weighted by Gasteiger charge is -2.36. The van der Waals surface area contributed by atoms with Crippen molar-refractivity contribution in [3.8, 4) is 11.1 Å². The van der Waals surface area contributed by atoms with Crippen LogP contribution in [0.2, 0.25) is 0 Å². The van der Waals surface area contributed by atoms with Gasteiger partial charge in [0.2, 0.25) is 5.91 Å². The molecule has 44 heavy (non-hydrogen) atoms. The Labute approximate surface area is 259 Å². The second kappa shape index (κ2) is 13.4. The molecule has 12 heteroatoms. The third-order valence-corrected chi connectivity index (χ3v) is 9.15. The zero-order valence-electron chi connectivity index (χ0n) is 24.8. The molecule has 2 saturated carbocycles. The third kappa shape index (κ3) is 7.27. The predicted octanol–water partition coefficient (Wildman–Crippen LogP) is 4.01. The van der Waals surface area contributed by atoms with Gasteiger partial charge in [-0.1, -0.05) is 23.5 Å². The number of amides is 2. The van der Waals surface area contributed by atoms with Crippen LogP contribution in [-0.2, 0) is 16.1 Å². The first kappa shape index (κ1) is 30.2. The normalized spacial score (nSPS) is 22.0. The number of nitrogens with zero attached hydrogens (tertiary/aromatic N) is 4. The number of benzene rings is 1. The number of ether oxygens (including phenoxy) is 1. The molecule has 2 aliphatic carbocycles. The molecule has 0 spiro atoms. The van der Waals surface area contributed by atoms with Gasteiger partial charge in [0, 0.05) is 48.2 Å². The monoisotopic (exact) mass is 615 g/mol. The molecule has 0 unspecified atom stereocenters. The SMILES string of the molecule is Cc1cccc(C(=O)NC[C@H](C)NC2CC(C(=O)Nc3nc4ccc(-c5cnc(CO[C@H]6CCC[C@@H]6O)nc5)cc4s3)C2)n1. The molecule has 2 amide bonds. The summed E-state index contributed by atoms with van der Waals surface area (Å²) in [5.41, 5.74) is 3.88. The van der Waals surface area contributed by atoms with E-state index in [1.165, 1.54) is 11.3 Å². The highest BCUT2D eigenvalue weighted by molar-refractivity contribution is 7.22. The third-order valence-electron chi connectivity index (χ3n) is 8.22. The van der Waals surface area contributed by atoms with Gasteiger partial charge in [0.1, 0.15) is 12.3 Å². The summed E-state index contributed by atoms with van der Waals surface area (Å²) in [6.07, 6.45) is 7.12. The summed E-state index contributed by atoms with van der Waals surface area (Å²) in [6.45, 7) is 4.63. The molecule has 11 nitrogen and oxygen atoms in total. The molecule has 230 valence electrons. The number of aliphatic hydroxyl groups excluding tert-OH is 1. The Morgan fingerprint density at radius 2 is 1.91 bits per heavy atom. The van der Waals surface area contributed by atoms with E-state index in [4.69, 9.17) is 4.74 Å². The number of anilines is 1. The molecule has 0 radical (unpaired) electrons. The molecule has 2 fully saturated rings. The average molecular weight is 616 g/mol. The van der Waals surface area contributed by atoms with Gasteiger partial charge in [-0.2, -0.15) is 0 Å². The van der Waals surface area contributed by atoms with Crippen molar-refractivity contribution in [3.05, 3.63) is 66.0 Å². The van der Waals surface area contributed by atoms with Gasteiger partial charge in [-0.15, -0.1) is 0 Å². The van der Waals surface area contributed by atoms with Crippen LogP contribution in [-0.4, -0.2) is 67.7 Å². The average Bonchev–Trinajstić information content (AvgIpc) is 3.60. The number of pyridine rings is 1. The topological polar surface area (TPSA) is 151 Å². The van der Waals surface area contributed by atoms with Crippen molar-refractivity contribution in [2.24, 2.45) is 5.92 Å². The zero-order chi connectivity index (χ0) is 30.6. The van der Waals surface area contributed by atoms with E-state index in [-0.39, 0.29) is 42.5 Å². The summed E-state index contributed by atoms with van der Waals surface area (Å²) < 4.78 is 6.75. The van der Waals surface area contributed by atoms with Gasteiger partial charge in [-0.05, 0) is 75.8 Å². The fourth-order valence-corrected chi connectivity index (χ4v) is 6.57. The van der Waals surface area contributed by atoms with Crippen LogP contribution in [0.25, 0.3) is 21.3 Å². The van der Waals surface area contributed by atoms with Gasteiger partial charge in [0.05, 0.1) is 22.4 Å². The van der Waals surface area contributed by atoms with E-state index < -0.39 is 6.10 Å². The van der Waals surface area contributed by atoms with Gasteiger partial charge in [-0.25, -0.2) is 19.9 Å². The Morgan fingerprint density at radius 3 is 2.66 bits per heavy atom. The lowest BCUT2D eigenvalue weighted by Crippen LogP contribution is -2.51. The molecular formula is C32H37N7O4S. The summed E-state index contributed by atoms with van der Waals surface area (Å²) in [5, 5.41) is 19.9. The summed E-state index contributed by atoms with van der Waals surface area (Å²) in [5.74, 6) is 0.293. The lowest BCUT2D eigenvalue weighted by molar-refractivity contribution is -0.123. The minimum atomic E-state index is -0.401. The number of aromatic nitrogens is 4. The second-order valence-corrected chi connectivity index (χ2v) is 12.8. The Kier molecular flexibility index (Phi) is 9.22. The Hall–Kier alpha value is -3.84. The van der Waals surface area contributed by atoms with E-state index in [2.05, 4.69) is 35.9 Å². The maximum absolute atomic E-state index is 12.9. The quantitative estimate of drug-likeness (QED) is 0.196. The van der Waals surface area contributed by atoms with Crippen LogP contribution in [0.1, 0.15) is 61.0 Å². The first-order valence-corrected chi connectivity index (χ1v) is 15.9. The lowest BCUT2D eigenvalue weighted by atomic mass is 9.79. The van der Waals surface area contributed by atoms with Gasteiger partial charge in [0.15, 0.2) is 11.0 Å². The molecule has 6 rings (SSSR count). The van der Waals surface area contributed by atoms with Gasteiger partial charge < -0.3 is 25.8 Å². The number of carbonyl (C=O) groups is 2. The van der Waals surface area contributed by atoms with Crippen LogP contribution in [0.4, 0.5) is 5.13 Å². The van der Waals surface area contributed by atoms with Crippen LogP contribution in [0, 0.1) is 12.8 Å². The Balaban J connectivity index is 0.957. The molecule has 3 heterocycles. The molecule has 0 bridgehead atoms. The highest BCUT2D eigenvalue weighted by Crippen LogP contribution is 2.33. The number of rotatable bonds is 11. The molecular weight excluding hydrogens is 578 g/mol. The molecule has 1 aromatic carbocycles. The zero-order valence-corrected chi connectivity index (χ0v) is 25.6. The first-order chi connectivity index (χ1) is 21.3. The highest BCUT2D eigenvalue weighted by atomic mass is 32.1. The Morgan fingerprint density at radius 1 is 1.09 bits per heavy atom. The van der Waals surface area contributed by atoms with Crippen LogP contribution >= 0.6 is 11.3 Å². The summed E-state index contributed by atoms with van der Waals surface area (Å²) in [4.78, 5) is 43.0. The number of carbonyl (C=O) groups excluding carboxylic acids is 2. The van der Waals surface area contributed by atoms with E-state index in [0.29, 0.717) is 23.2 Å². The number of fused-ring (bicyclic) bond motifs is 1. The molecule has 0 aliphatic heterocycles. The summed E-state index contributed by atoms with van der Waals surface area (Å²) in [6, 6.07) is 11.6. The van der Waals surface area contributed by atoms with E-state index in [1.807, 2.05) is 44.2 Å². The van der Waals surface area contributed by atoms with Crippen molar-refractivity contribution < 1.29 is 19.4 Å². The second-order valence-electron chi connectivity index (χ2n) is 11.7. The van der Waals surface area contributed by atoms with E-state index in [0.717, 1.165) is 59.1 Å². The molecule has 4 aromatic rings. The first-order valence-electron chi connectivity index (χ1n) is 15.1. The molecule has 0 saturated heterocycles. The number of hydrogen-bond acceptors (Lipinski definition) is 10.